The molecule has 2 aliphatic heterocycles. The van der Waals surface area contributed by atoms with Crippen molar-refractivity contribution in [2.45, 2.75) is 45.6 Å². The van der Waals surface area contributed by atoms with E-state index in [4.69, 9.17) is 0 Å². The summed E-state index contributed by atoms with van der Waals surface area (Å²) in [7, 11) is 0. The molecule has 1 aromatic rings. The van der Waals surface area contributed by atoms with Crippen LogP contribution in [-0.2, 0) is 9.59 Å². The number of anilines is 1. The van der Waals surface area contributed by atoms with Crippen LogP contribution in [0.4, 0.5) is 10.5 Å². The van der Waals surface area contributed by atoms with Crippen LogP contribution in [0.2, 0.25) is 0 Å². The molecule has 2 saturated heterocycles. The SMILES string of the molecule is C=C(C)CN1C(=O)N[C@@](CC)(C2CCN(C(=O)c3ccc(NC(C)=O)cc3)CC2)C1=O. The lowest BCUT2D eigenvalue weighted by Crippen LogP contribution is -2.56. The van der Waals surface area contributed by atoms with Crippen molar-refractivity contribution in [1.29, 1.82) is 0 Å². The Labute approximate surface area is 182 Å². The predicted octanol–water partition coefficient (Wildman–Crippen LogP) is 2.77. The number of hydrogen-bond donors (Lipinski definition) is 2. The molecule has 8 heteroatoms. The summed E-state index contributed by atoms with van der Waals surface area (Å²) in [6.07, 6.45) is 1.78. The number of carbonyl (C=O) groups is 4. The molecule has 1 aromatic carbocycles. The van der Waals surface area contributed by atoms with Crippen LogP contribution in [-0.4, -0.2) is 58.7 Å². The molecule has 2 heterocycles. The highest BCUT2D eigenvalue weighted by Crippen LogP contribution is 2.36. The van der Waals surface area contributed by atoms with Crippen molar-refractivity contribution in [1.82, 2.24) is 15.1 Å². The van der Waals surface area contributed by atoms with Crippen LogP contribution in [0, 0.1) is 5.92 Å². The summed E-state index contributed by atoms with van der Waals surface area (Å²) in [5, 5.41) is 5.63. The summed E-state index contributed by atoms with van der Waals surface area (Å²) in [6, 6.07) is 6.44. The van der Waals surface area contributed by atoms with Gasteiger partial charge >= 0.3 is 6.03 Å². The molecule has 3 rings (SSSR count). The number of piperidine rings is 1. The number of nitrogens with one attached hydrogen (secondary N) is 2. The Morgan fingerprint density at radius 2 is 1.77 bits per heavy atom. The van der Waals surface area contributed by atoms with E-state index in [1.165, 1.54) is 11.8 Å². The van der Waals surface area contributed by atoms with E-state index >= 15 is 0 Å². The van der Waals surface area contributed by atoms with Crippen LogP contribution in [0.25, 0.3) is 0 Å². The highest BCUT2D eigenvalue weighted by atomic mass is 16.2. The highest BCUT2D eigenvalue weighted by Gasteiger charge is 2.54. The van der Waals surface area contributed by atoms with Gasteiger partial charge in [-0.25, -0.2) is 4.79 Å². The smallest absolute Gasteiger partial charge is 0.325 e. The summed E-state index contributed by atoms with van der Waals surface area (Å²) in [4.78, 5) is 52.6. The third-order valence-corrected chi connectivity index (χ3v) is 6.12. The molecule has 0 saturated carbocycles. The average molecular weight is 427 g/mol. The van der Waals surface area contributed by atoms with E-state index in [-0.39, 0.29) is 36.2 Å². The first-order valence-electron chi connectivity index (χ1n) is 10.6. The summed E-state index contributed by atoms with van der Waals surface area (Å²) in [6.45, 7) is 10.2. The van der Waals surface area contributed by atoms with Gasteiger partial charge < -0.3 is 15.5 Å². The van der Waals surface area contributed by atoms with Crippen molar-refractivity contribution in [2.24, 2.45) is 5.92 Å². The van der Waals surface area contributed by atoms with Crippen molar-refractivity contribution in [3.05, 3.63) is 42.0 Å². The minimum Gasteiger partial charge on any atom is -0.339 e. The fourth-order valence-electron chi connectivity index (χ4n) is 4.52. The summed E-state index contributed by atoms with van der Waals surface area (Å²) >= 11 is 0. The molecule has 0 unspecified atom stereocenters. The van der Waals surface area contributed by atoms with Crippen molar-refractivity contribution >= 4 is 29.4 Å². The first-order chi connectivity index (χ1) is 14.7. The molecular weight excluding hydrogens is 396 g/mol. The number of hydrogen-bond acceptors (Lipinski definition) is 4. The summed E-state index contributed by atoms with van der Waals surface area (Å²) in [5.41, 5.74) is 1.03. The number of likely N-dealkylation sites (tertiary alicyclic amines) is 1. The molecule has 0 aliphatic carbocycles. The largest absolute Gasteiger partial charge is 0.339 e. The first kappa shape index (κ1) is 22.5. The van der Waals surface area contributed by atoms with Crippen molar-refractivity contribution in [3.63, 3.8) is 0 Å². The molecule has 0 aromatic heterocycles. The summed E-state index contributed by atoms with van der Waals surface area (Å²) < 4.78 is 0. The lowest BCUT2D eigenvalue weighted by atomic mass is 9.75. The number of benzene rings is 1. The zero-order chi connectivity index (χ0) is 22.8. The number of rotatable bonds is 6. The zero-order valence-electron chi connectivity index (χ0n) is 18.4. The van der Waals surface area contributed by atoms with E-state index < -0.39 is 5.54 Å². The number of amides is 5. The van der Waals surface area contributed by atoms with Gasteiger partial charge in [-0.15, -0.1) is 0 Å². The Hall–Kier alpha value is -3.16. The van der Waals surface area contributed by atoms with Crippen LogP contribution in [0.3, 0.4) is 0 Å². The second-order valence-electron chi connectivity index (χ2n) is 8.43. The molecule has 2 aliphatic rings. The molecule has 2 fully saturated rings. The second-order valence-corrected chi connectivity index (χ2v) is 8.43. The van der Waals surface area contributed by atoms with Gasteiger partial charge in [0.05, 0.1) is 6.54 Å². The number of carbonyl (C=O) groups excluding carboxylic acids is 4. The lowest BCUT2D eigenvalue weighted by Gasteiger charge is -2.40. The molecule has 8 nitrogen and oxygen atoms in total. The van der Waals surface area contributed by atoms with Gasteiger partial charge in [0.25, 0.3) is 11.8 Å². The maximum Gasteiger partial charge on any atom is 0.325 e. The van der Waals surface area contributed by atoms with Gasteiger partial charge in [-0.1, -0.05) is 19.1 Å². The van der Waals surface area contributed by atoms with Gasteiger partial charge in [-0.05, 0) is 56.4 Å². The normalized spacial score (nSPS) is 21.8. The lowest BCUT2D eigenvalue weighted by molar-refractivity contribution is -0.133. The maximum atomic E-state index is 13.1. The van der Waals surface area contributed by atoms with Crippen LogP contribution >= 0.6 is 0 Å². The van der Waals surface area contributed by atoms with Gasteiger partial charge in [0.1, 0.15) is 5.54 Å². The van der Waals surface area contributed by atoms with Crippen LogP contribution in [0.15, 0.2) is 36.4 Å². The van der Waals surface area contributed by atoms with Gasteiger partial charge in [0.15, 0.2) is 0 Å². The van der Waals surface area contributed by atoms with Crippen LogP contribution in [0.5, 0.6) is 0 Å². The minimum absolute atomic E-state index is 0.0322. The average Bonchev–Trinajstić information content (AvgIpc) is 2.98. The maximum absolute atomic E-state index is 13.1. The Bertz CT molecular complexity index is 903. The molecule has 31 heavy (non-hydrogen) atoms. The van der Waals surface area contributed by atoms with Gasteiger partial charge in [0.2, 0.25) is 5.91 Å². The highest BCUT2D eigenvalue weighted by molar-refractivity contribution is 6.07. The van der Waals surface area contributed by atoms with Gasteiger partial charge in [-0.2, -0.15) is 0 Å². The molecule has 1 atom stereocenters. The number of urea groups is 1. The number of nitrogens with zero attached hydrogens (tertiary/aromatic N) is 2. The van der Waals surface area contributed by atoms with E-state index in [0.29, 0.717) is 43.6 Å². The fourth-order valence-corrected chi connectivity index (χ4v) is 4.52. The van der Waals surface area contributed by atoms with Gasteiger partial charge in [0, 0.05) is 31.3 Å². The fraction of sp³-hybridized carbons (Fsp3) is 0.478. The Morgan fingerprint density at radius 1 is 1.16 bits per heavy atom. The van der Waals surface area contributed by atoms with Gasteiger partial charge in [-0.3, -0.25) is 19.3 Å². The molecule has 166 valence electrons. The third kappa shape index (κ3) is 4.47. The second kappa shape index (κ2) is 8.91. The van der Waals surface area contributed by atoms with Crippen molar-refractivity contribution < 1.29 is 19.2 Å². The van der Waals surface area contributed by atoms with Crippen molar-refractivity contribution in [3.8, 4) is 0 Å². The molecule has 0 spiro atoms. The molecule has 5 amide bonds. The number of imide groups is 1. The topological polar surface area (TPSA) is 98.8 Å². The Balaban J connectivity index is 1.66. The van der Waals surface area contributed by atoms with E-state index in [9.17, 15) is 19.2 Å². The zero-order valence-corrected chi connectivity index (χ0v) is 18.4. The third-order valence-electron chi connectivity index (χ3n) is 6.12. The van der Waals surface area contributed by atoms with E-state index in [0.717, 1.165) is 5.57 Å². The molecule has 0 radical (unpaired) electrons. The van der Waals surface area contributed by atoms with Crippen LogP contribution in [0.1, 0.15) is 50.4 Å². The molecule has 2 N–H and O–H groups in total. The van der Waals surface area contributed by atoms with Crippen LogP contribution < -0.4 is 10.6 Å². The predicted molar refractivity (Wildman–Crippen MR) is 117 cm³/mol. The molecule has 0 bridgehead atoms. The van der Waals surface area contributed by atoms with E-state index in [2.05, 4.69) is 17.2 Å². The quantitative estimate of drug-likeness (QED) is 0.540. The Morgan fingerprint density at radius 3 is 2.29 bits per heavy atom. The van der Waals surface area contributed by atoms with E-state index in [1.807, 2.05) is 6.92 Å². The summed E-state index contributed by atoms with van der Waals surface area (Å²) in [5.74, 6) is -0.470. The van der Waals surface area contributed by atoms with Crippen molar-refractivity contribution in [2.75, 3.05) is 25.0 Å². The first-order valence-corrected chi connectivity index (χ1v) is 10.6. The monoisotopic (exact) mass is 426 g/mol. The minimum atomic E-state index is -0.915. The molecular formula is C23H30N4O4. The van der Waals surface area contributed by atoms with E-state index in [1.54, 1.807) is 36.1 Å². The standard InChI is InChI=1S/C23H30N4O4/c1-5-23(21(30)27(14-15(2)3)22(31)25-23)18-10-12-26(13-11-18)20(29)17-6-8-19(9-7-17)24-16(4)28/h6-9,18H,2,5,10-14H2,1,3-4H3,(H,24,28)(H,25,31)/t23-/m0/s1. The Kier molecular flexibility index (Phi) is 6.48.